The van der Waals surface area contributed by atoms with Gasteiger partial charge >= 0.3 is 0 Å². The van der Waals surface area contributed by atoms with Crippen molar-refractivity contribution in [3.8, 4) is 50.8 Å². The molecule has 0 saturated heterocycles. The van der Waals surface area contributed by atoms with Gasteiger partial charge in [-0.05, 0) is 64.5 Å². The molecule has 0 amide bonds. The SMILES string of the molecule is c1ccc(-c2nc(-n3c4ccccc4c4cc(-c5cc6c7c(cccc7c5)-c5c-6oc6ccccc56)ccc43)nc3ccccc23)cc1. The van der Waals surface area contributed by atoms with Gasteiger partial charge < -0.3 is 4.42 Å². The molecule has 11 rings (SSSR count). The molecule has 4 nitrogen and oxygen atoms in total. The van der Waals surface area contributed by atoms with Gasteiger partial charge in [-0.15, -0.1) is 0 Å². The van der Waals surface area contributed by atoms with E-state index in [9.17, 15) is 0 Å². The molecule has 0 bridgehead atoms. The van der Waals surface area contributed by atoms with Crippen molar-refractivity contribution in [3.05, 3.63) is 152 Å². The first-order valence-corrected chi connectivity index (χ1v) is 16.3. The minimum absolute atomic E-state index is 0.662. The van der Waals surface area contributed by atoms with E-state index in [-0.39, 0.29) is 0 Å². The van der Waals surface area contributed by atoms with Crippen molar-refractivity contribution in [2.45, 2.75) is 0 Å². The summed E-state index contributed by atoms with van der Waals surface area (Å²) in [6.07, 6.45) is 0. The Hall–Kier alpha value is -6.52. The van der Waals surface area contributed by atoms with Crippen molar-refractivity contribution in [1.82, 2.24) is 14.5 Å². The molecular formula is C44H25N3O. The third kappa shape index (κ3) is 3.49. The van der Waals surface area contributed by atoms with Gasteiger partial charge in [0, 0.05) is 43.6 Å². The van der Waals surface area contributed by atoms with Crippen LogP contribution in [0.15, 0.2) is 156 Å². The molecular weight excluding hydrogens is 587 g/mol. The van der Waals surface area contributed by atoms with Gasteiger partial charge in [0.15, 0.2) is 0 Å². The highest BCUT2D eigenvalue weighted by Crippen LogP contribution is 2.53. The standard InChI is InChI=1S/C44H25N3O/c1-2-11-26(12-3-1)42-31-15-4-7-18-36(31)45-44(46-42)47-37-19-8-5-14-30(37)34-24-27(21-22-38(34)47)29-23-28-13-10-17-33-40(28)35(25-29)43-41(33)32-16-6-9-20-39(32)48-43/h1-25H. The van der Waals surface area contributed by atoms with E-state index >= 15 is 0 Å². The number of aromatic nitrogens is 3. The van der Waals surface area contributed by atoms with Gasteiger partial charge in [0.25, 0.3) is 0 Å². The molecule has 0 atom stereocenters. The number of fused-ring (bicyclic) bond motifs is 9. The number of nitrogens with zero attached hydrogens (tertiary/aromatic N) is 3. The summed E-state index contributed by atoms with van der Waals surface area (Å²) in [6, 6.07) is 53.5. The lowest BCUT2D eigenvalue weighted by Crippen LogP contribution is -2.03. The van der Waals surface area contributed by atoms with E-state index in [4.69, 9.17) is 14.4 Å². The van der Waals surface area contributed by atoms with E-state index < -0.39 is 0 Å². The Morgan fingerprint density at radius 2 is 1.25 bits per heavy atom. The van der Waals surface area contributed by atoms with Crippen molar-refractivity contribution in [2.24, 2.45) is 0 Å². The zero-order valence-corrected chi connectivity index (χ0v) is 25.7. The molecule has 0 unspecified atom stereocenters. The first kappa shape index (κ1) is 25.6. The first-order valence-electron chi connectivity index (χ1n) is 16.3. The molecule has 222 valence electrons. The van der Waals surface area contributed by atoms with Crippen LogP contribution in [-0.4, -0.2) is 14.5 Å². The minimum Gasteiger partial charge on any atom is -0.455 e. The predicted molar refractivity (Wildman–Crippen MR) is 196 cm³/mol. The van der Waals surface area contributed by atoms with E-state index in [0.717, 1.165) is 66.6 Å². The molecule has 0 radical (unpaired) electrons. The molecule has 4 heteroatoms. The summed E-state index contributed by atoms with van der Waals surface area (Å²) in [5.74, 6) is 1.62. The molecule has 3 heterocycles. The number of hydrogen-bond acceptors (Lipinski definition) is 3. The van der Waals surface area contributed by atoms with Crippen LogP contribution >= 0.6 is 0 Å². The van der Waals surface area contributed by atoms with E-state index in [1.54, 1.807) is 0 Å². The molecule has 0 aliphatic heterocycles. The normalized spacial score (nSPS) is 12.2. The average Bonchev–Trinajstić information content (AvgIpc) is 3.80. The fourth-order valence-electron chi connectivity index (χ4n) is 7.83. The second-order valence-corrected chi connectivity index (χ2v) is 12.6. The summed E-state index contributed by atoms with van der Waals surface area (Å²) in [5, 5.41) is 7.02. The maximum absolute atomic E-state index is 6.51. The van der Waals surface area contributed by atoms with Gasteiger partial charge in [-0.1, -0.05) is 109 Å². The van der Waals surface area contributed by atoms with Gasteiger partial charge in [0.2, 0.25) is 5.95 Å². The third-order valence-electron chi connectivity index (χ3n) is 9.93. The average molecular weight is 612 g/mol. The van der Waals surface area contributed by atoms with Crippen LogP contribution in [0, 0.1) is 0 Å². The molecule has 0 fully saturated rings. The van der Waals surface area contributed by atoms with Gasteiger partial charge in [0.1, 0.15) is 11.3 Å². The smallest absolute Gasteiger partial charge is 0.235 e. The first-order chi connectivity index (χ1) is 23.8. The Morgan fingerprint density at radius 1 is 0.479 bits per heavy atom. The molecule has 0 saturated carbocycles. The van der Waals surface area contributed by atoms with Crippen LogP contribution in [0.5, 0.6) is 0 Å². The van der Waals surface area contributed by atoms with Gasteiger partial charge in [-0.2, -0.15) is 0 Å². The van der Waals surface area contributed by atoms with Crippen LogP contribution in [-0.2, 0) is 0 Å². The van der Waals surface area contributed by atoms with Crippen LogP contribution < -0.4 is 0 Å². The molecule has 0 N–H and O–H groups in total. The highest BCUT2D eigenvalue weighted by Gasteiger charge is 2.28. The van der Waals surface area contributed by atoms with Crippen LogP contribution in [0.2, 0.25) is 0 Å². The van der Waals surface area contributed by atoms with Gasteiger partial charge in [0.05, 0.1) is 22.2 Å². The summed E-state index contributed by atoms with van der Waals surface area (Å²) in [7, 11) is 0. The van der Waals surface area contributed by atoms with E-state index in [1.807, 2.05) is 18.2 Å². The van der Waals surface area contributed by atoms with Crippen molar-refractivity contribution < 1.29 is 4.42 Å². The summed E-state index contributed by atoms with van der Waals surface area (Å²) in [5.41, 5.74) is 11.9. The fourth-order valence-corrected chi connectivity index (χ4v) is 7.83. The van der Waals surface area contributed by atoms with Crippen LogP contribution in [0.1, 0.15) is 0 Å². The highest BCUT2D eigenvalue weighted by atomic mass is 16.3. The molecule has 0 spiro atoms. The van der Waals surface area contributed by atoms with Crippen molar-refractivity contribution in [3.63, 3.8) is 0 Å². The Morgan fingerprint density at radius 3 is 2.17 bits per heavy atom. The fraction of sp³-hybridized carbons (Fsp3) is 0. The number of rotatable bonds is 3. The Kier molecular flexibility index (Phi) is 5.08. The summed E-state index contributed by atoms with van der Waals surface area (Å²) >= 11 is 0. The molecule has 1 aliphatic carbocycles. The molecule has 1 aliphatic rings. The highest BCUT2D eigenvalue weighted by molar-refractivity contribution is 6.21. The monoisotopic (exact) mass is 611 g/mol. The number of furan rings is 1. The maximum atomic E-state index is 6.51. The van der Waals surface area contributed by atoms with Crippen LogP contribution in [0.25, 0.3) is 105 Å². The molecule has 3 aromatic heterocycles. The predicted octanol–water partition coefficient (Wildman–Crippen LogP) is 11.6. The van der Waals surface area contributed by atoms with Gasteiger partial charge in [-0.3, -0.25) is 4.57 Å². The topological polar surface area (TPSA) is 43.9 Å². The van der Waals surface area contributed by atoms with E-state index in [1.165, 1.54) is 32.7 Å². The Bertz CT molecular complexity index is 2950. The molecule has 10 aromatic rings. The number of para-hydroxylation sites is 3. The number of hydrogen-bond donors (Lipinski definition) is 0. The second-order valence-electron chi connectivity index (χ2n) is 12.6. The summed E-state index contributed by atoms with van der Waals surface area (Å²) in [4.78, 5) is 10.4. The Balaban J connectivity index is 1.14. The Labute approximate surface area is 275 Å². The van der Waals surface area contributed by atoms with Crippen molar-refractivity contribution >= 4 is 54.5 Å². The minimum atomic E-state index is 0.662. The molecule has 7 aromatic carbocycles. The summed E-state index contributed by atoms with van der Waals surface area (Å²) in [6.45, 7) is 0. The quantitative estimate of drug-likeness (QED) is 0.200. The zero-order chi connectivity index (χ0) is 31.3. The number of benzene rings is 7. The van der Waals surface area contributed by atoms with Crippen molar-refractivity contribution in [2.75, 3.05) is 0 Å². The third-order valence-corrected chi connectivity index (χ3v) is 9.93. The summed E-state index contributed by atoms with van der Waals surface area (Å²) < 4.78 is 8.72. The van der Waals surface area contributed by atoms with E-state index in [0.29, 0.717) is 5.95 Å². The van der Waals surface area contributed by atoms with Crippen LogP contribution in [0.4, 0.5) is 0 Å². The second kappa shape index (κ2) is 9.50. The zero-order valence-electron chi connectivity index (χ0n) is 25.7. The largest absolute Gasteiger partial charge is 0.455 e. The van der Waals surface area contributed by atoms with Crippen LogP contribution in [0.3, 0.4) is 0 Å². The lowest BCUT2D eigenvalue weighted by Gasteiger charge is -2.12. The molecule has 48 heavy (non-hydrogen) atoms. The van der Waals surface area contributed by atoms with Gasteiger partial charge in [-0.25, -0.2) is 9.97 Å². The lowest BCUT2D eigenvalue weighted by atomic mass is 9.96. The lowest BCUT2D eigenvalue weighted by molar-refractivity contribution is 0.634. The van der Waals surface area contributed by atoms with E-state index in [2.05, 4.69) is 138 Å². The van der Waals surface area contributed by atoms with Crippen molar-refractivity contribution in [1.29, 1.82) is 0 Å². The maximum Gasteiger partial charge on any atom is 0.235 e.